The van der Waals surface area contributed by atoms with E-state index in [4.69, 9.17) is 0 Å². The van der Waals surface area contributed by atoms with Crippen molar-refractivity contribution in [2.75, 3.05) is 27.2 Å². The van der Waals surface area contributed by atoms with Gasteiger partial charge in [0.2, 0.25) is 0 Å². The van der Waals surface area contributed by atoms with Gasteiger partial charge in [-0.15, -0.1) is 11.3 Å². The quantitative estimate of drug-likeness (QED) is 0.833. The third kappa shape index (κ3) is 3.65. The highest BCUT2D eigenvalue weighted by molar-refractivity contribution is 7.10. The van der Waals surface area contributed by atoms with Crippen LogP contribution in [0.1, 0.15) is 39.7 Å². The summed E-state index contributed by atoms with van der Waals surface area (Å²) in [5, 5.41) is 2.10. The second-order valence-corrected chi connectivity index (χ2v) is 7.36. The van der Waals surface area contributed by atoms with Crippen LogP contribution in [0.5, 0.6) is 0 Å². The second-order valence-electron chi connectivity index (χ2n) is 6.38. The summed E-state index contributed by atoms with van der Waals surface area (Å²) in [7, 11) is 4.13. The Balaban J connectivity index is 1.82. The van der Waals surface area contributed by atoms with Gasteiger partial charge in [0.15, 0.2) is 0 Å². The van der Waals surface area contributed by atoms with Gasteiger partial charge in [0, 0.05) is 23.5 Å². The number of rotatable bonds is 5. The zero-order valence-electron chi connectivity index (χ0n) is 13.9. The molecular weight excluding hydrogens is 304 g/mol. The molecule has 0 radical (unpaired) electrons. The Labute approximate surface area is 142 Å². The van der Waals surface area contributed by atoms with E-state index in [1.807, 2.05) is 18.2 Å². The first kappa shape index (κ1) is 16.2. The number of benzene rings is 1. The van der Waals surface area contributed by atoms with Crippen LogP contribution in [0.25, 0.3) is 0 Å². The predicted octanol–water partition coefficient (Wildman–Crippen LogP) is 3.83. The number of hydrogen-bond donors (Lipinski definition) is 0. The van der Waals surface area contributed by atoms with Gasteiger partial charge in [0.25, 0.3) is 5.91 Å². The van der Waals surface area contributed by atoms with Crippen molar-refractivity contribution >= 4 is 17.2 Å². The Morgan fingerprint density at radius 2 is 2.09 bits per heavy atom. The molecule has 1 aromatic heterocycles. The molecule has 1 aromatic carbocycles. The molecule has 3 nitrogen and oxygen atoms in total. The molecule has 1 amide bonds. The van der Waals surface area contributed by atoms with Crippen molar-refractivity contribution in [2.24, 2.45) is 0 Å². The van der Waals surface area contributed by atoms with E-state index in [1.165, 1.54) is 4.88 Å². The summed E-state index contributed by atoms with van der Waals surface area (Å²) in [5.74, 6) is 0.190. The minimum absolute atomic E-state index is 0.190. The molecule has 1 atom stereocenters. The molecule has 4 heteroatoms. The number of hydrogen-bond acceptors (Lipinski definition) is 3. The Kier molecular flexibility index (Phi) is 5.13. The van der Waals surface area contributed by atoms with Gasteiger partial charge >= 0.3 is 0 Å². The van der Waals surface area contributed by atoms with E-state index in [0.29, 0.717) is 0 Å². The molecule has 122 valence electrons. The molecule has 2 aromatic rings. The molecular formula is C19H24N2OS. The molecule has 1 aliphatic heterocycles. The first-order chi connectivity index (χ1) is 11.2. The largest absolute Gasteiger partial charge is 0.331 e. The van der Waals surface area contributed by atoms with Crippen LogP contribution in [0.3, 0.4) is 0 Å². The van der Waals surface area contributed by atoms with Crippen molar-refractivity contribution in [3.63, 3.8) is 0 Å². The molecule has 1 saturated heterocycles. The molecule has 0 spiro atoms. The van der Waals surface area contributed by atoms with Gasteiger partial charge in [-0.1, -0.05) is 24.3 Å². The van der Waals surface area contributed by atoms with Crippen LogP contribution in [0.15, 0.2) is 41.8 Å². The van der Waals surface area contributed by atoms with E-state index in [1.54, 1.807) is 11.3 Å². The molecule has 2 heterocycles. The first-order valence-electron chi connectivity index (χ1n) is 8.24. The summed E-state index contributed by atoms with van der Waals surface area (Å²) in [6, 6.07) is 12.6. The minimum atomic E-state index is 0.190. The van der Waals surface area contributed by atoms with E-state index >= 15 is 0 Å². The maximum atomic E-state index is 13.1. The average Bonchev–Trinajstić information content (AvgIpc) is 3.22. The summed E-state index contributed by atoms with van der Waals surface area (Å²) in [6.45, 7) is 1.82. The summed E-state index contributed by atoms with van der Waals surface area (Å²) < 4.78 is 0. The van der Waals surface area contributed by atoms with Crippen molar-refractivity contribution in [2.45, 2.75) is 25.3 Å². The number of thiophene rings is 1. The Bertz CT molecular complexity index is 651. The number of nitrogens with zero attached hydrogens (tertiary/aromatic N) is 2. The van der Waals surface area contributed by atoms with E-state index < -0.39 is 0 Å². The number of carbonyl (C=O) groups is 1. The number of likely N-dealkylation sites (N-methyl/N-ethyl adjacent to an activating group) is 1. The molecule has 0 bridgehead atoms. The lowest BCUT2D eigenvalue weighted by Crippen LogP contribution is -2.31. The first-order valence-corrected chi connectivity index (χ1v) is 9.12. The maximum Gasteiger partial charge on any atom is 0.254 e. The van der Waals surface area contributed by atoms with Crippen LogP contribution >= 0.6 is 11.3 Å². The van der Waals surface area contributed by atoms with Crippen molar-refractivity contribution < 1.29 is 4.79 Å². The van der Waals surface area contributed by atoms with Crippen LogP contribution in [-0.2, 0) is 6.42 Å². The molecule has 0 N–H and O–H groups in total. The van der Waals surface area contributed by atoms with Gasteiger partial charge in [-0.3, -0.25) is 4.79 Å². The summed E-state index contributed by atoms with van der Waals surface area (Å²) >= 11 is 1.75. The lowest BCUT2D eigenvalue weighted by molar-refractivity contribution is 0.0736. The van der Waals surface area contributed by atoms with Crippen molar-refractivity contribution in [3.05, 3.63) is 57.8 Å². The lowest BCUT2D eigenvalue weighted by atomic mass is 10.0. The lowest BCUT2D eigenvalue weighted by Gasteiger charge is -2.25. The fraction of sp³-hybridized carbons (Fsp3) is 0.421. The van der Waals surface area contributed by atoms with Gasteiger partial charge in [-0.25, -0.2) is 0 Å². The zero-order valence-corrected chi connectivity index (χ0v) is 14.7. The van der Waals surface area contributed by atoms with Crippen LogP contribution in [0, 0.1) is 0 Å². The summed E-state index contributed by atoms with van der Waals surface area (Å²) in [4.78, 5) is 18.7. The Morgan fingerprint density at radius 3 is 2.83 bits per heavy atom. The maximum absolute atomic E-state index is 13.1. The molecule has 0 saturated carbocycles. The van der Waals surface area contributed by atoms with Crippen LogP contribution < -0.4 is 0 Å². The molecule has 23 heavy (non-hydrogen) atoms. The van der Waals surface area contributed by atoms with Gasteiger partial charge in [0.05, 0.1) is 6.04 Å². The van der Waals surface area contributed by atoms with Crippen molar-refractivity contribution in [3.8, 4) is 0 Å². The number of likely N-dealkylation sites (tertiary alicyclic amines) is 1. The topological polar surface area (TPSA) is 23.6 Å². The third-order valence-electron chi connectivity index (χ3n) is 4.46. The zero-order chi connectivity index (χ0) is 16.2. The minimum Gasteiger partial charge on any atom is -0.331 e. The highest BCUT2D eigenvalue weighted by Crippen LogP contribution is 2.35. The van der Waals surface area contributed by atoms with Crippen LogP contribution in [0.2, 0.25) is 0 Å². The SMILES string of the molecule is CN(C)CCc1ccccc1C(=O)N1CCC[C@@H]1c1cccs1. The average molecular weight is 328 g/mol. The monoisotopic (exact) mass is 328 g/mol. The Morgan fingerprint density at radius 1 is 1.26 bits per heavy atom. The van der Waals surface area contributed by atoms with Gasteiger partial charge in [0.1, 0.15) is 0 Å². The number of amides is 1. The van der Waals surface area contributed by atoms with Crippen molar-refractivity contribution in [1.82, 2.24) is 9.80 Å². The summed E-state index contributed by atoms with van der Waals surface area (Å²) in [6.07, 6.45) is 3.08. The van der Waals surface area contributed by atoms with E-state index in [9.17, 15) is 4.79 Å². The normalized spacial score (nSPS) is 17.9. The van der Waals surface area contributed by atoms with E-state index in [-0.39, 0.29) is 11.9 Å². The smallest absolute Gasteiger partial charge is 0.254 e. The predicted molar refractivity (Wildman–Crippen MR) is 96.0 cm³/mol. The van der Waals surface area contributed by atoms with Crippen molar-refractivity contribution in [1.29, 1.82) is 0 Å². The highest BCUT2D eigenvalue weighted by atomic mass is 32.1. The Hall–Kier alpha value is -1.65. The van der Waals surface area contributed by atoms with Crippen LogP contribution in [0.4, 0.5) is 0 Å². The number of carbonyl (C=O) groups excluding carboxylic acids is 1. The molecule has 1 fully saturated rings. The van der Waals surface area contributed by atoms with E-state index in [2.05, 4.69) is 47.5 Å². The molecule has 0 aliphatic carbocycles. The van der Waals surface area contributed by atoms with Gasteiger partial charge in [-0.2, -0.15) is 0 Å². The molecule has 0 unspecified atom stereocenters. The summed E-state index contributed by atoms with van der Waals surface area (Å²) in [5.41, 5.74) is 2.03. The molecule has 3 rings (SSSR count). The van der Waals surface area contributed by atoms with Crippen LogP contribution in [-0.4, -0.2) is 42.9 Å². The standard InChI is InChI=1S/C19H24N2OS/c1-20(2)13-11-15-7-3-4-8-16(15)19(22)21-12-5-9-17(21)18-10-6-14-23-18/h3-4,6-8,10,14,17H,5,9,11-13H2,1-2H3/t17-/m1/s1. The highest BCUT2D eigenvalue weighted by Gasteiger charge is 2.31. The fourth-order valence-corrected chi connectivity index (χ4v) is 4.11. The second kappa shape index (κ2) is 7.28. The van der Waals surface area contributed by atoms with Gasteiger partial charge in [-0.05, 0) is 56.4 Å². The fourth-order valence-electron chi connectivity index (χ4n) is 3.23. The van der Waals surface area contributed by atoms with E-state index in [0.717, 1.165) is 43.5 Å². The third-order valence-corrected chi connectivity index (χ3v) is 5.43. The van der Waals surface area contributed by atoms with Gasteiger partial charge < -0.3 is 9.80 Å². The molecule has 1 aliphatic rings.